The number of sulfonamides is 1. The fourth-order valence-corrected chi connectivity index (χ4v) is 5.53. The maximum absolute atomic E-state index is 14.1. The molecule has 0 radical (unpaired) electrons. The molecule has 4 rings (SSSR count). The summed E-state index contributed by atoms with van der Waals surface area (Å²) in [6, 6.07) is 29.9. The van der Waals surface area contributed by atoms with E-state index in [1.807, 2.05) is 42.5 Å². The van der Waals surface area contributed by atoms with Crippen LogP contribution >= 0.6 is 11.6 Å². The summed E-state index contributed by atoms with van der Waals surface area (Å²) in [4.78, 5) is 29.3. The Labute approximate surface area is 257 Å². The predicted molar refractivity (Wildman–Crippen MR) is 166 cm³/mol. The Hall–Kier alpha value is -4.05. The maximum atomic E-state index is 14.1. The van der Waals surface area contributed by atoms with Crippen molar-refractivity contribution in [3.8, 4) is 0 Å². The van der Waals surface area contributed by atoms with E-state index < -0.39 is 40.2 Å². The van der Waals surface area contributed by atoms with E-state index in [2.05, 4.69) is 5.32 Å². The molecule has 0 aliphatic carbocycles. The van der Waals surface area contributed by atoms with Gasteiger partial charge in [0.15, 0.2) is 0 Å². The molecule has 0 saturated heterocycles. The van der Waals surface area contributed by atoms with Crippen molar-refractivity contribution in [3.05, 3.63) is 142 Å². The third kappa shape index (κ3) is 9.47. The first-order valence-corrected chi connectivity index (χ1v) is 15.9. The average molecular weight is 622 g/mol. The average Bonchev–Trinajstić information content (AvgIpc) is 2.99. The topological polar surface area (TPSA) is 86.8 Å². The van der Waals surface area contributed by atoms with Gasteiger partial charge in [0, 0.05) is 31.1 Å². The Morgan fingerprint density at radius 1 is 0.791 bits per heavy atom. The van der Waals surface area contributed by atoms with E-state index >= 15 is 0 Å². The summed E-state index contributed by atoms with van der Waals surface area (Å²) in [5.41, 5.74) is 2.81. The zero-order chi connectivity index (χ0) is 30.8. The summed E-state index contributed by atoms with van der Waals surface area (Å²) in [6.45, 7) is -0.416. The molecule has 7 nitrogen and oxygen atoms in total. The number of nitrogens with zero attached hydrogens (tertiary/aromatic N) is 2. The second kappa shape index (κ2) is 14.9. The molecule has 1 N–H and O–H groups in total. The smallest absolute Gasteiger partial charge is 0.243 e. The lowest BCUT2D eigenvalue weighted by Crippen LogP contribution is -2.53. The lowest BCUT2D eigenvalue weighted by Gasteiger charge is -2.33. The van der Waals surface area contributed by atoms with Crippen LogP contribution in [-0.2, 0) is 45.7 Å². The SMILES string of the molecule is CS(=O)(=O)N(CC(=O)N(Cc1ccc(F)cc1)[C@@H](Cc1ccccc1)C(=O)NCc1ccccc1Cl)Cc1ccccc1. The van der Waals surface area contributed by atoms with E-state index in [4.69, 9.17) is 11.6 Å². The zero-order valence-corrected chi connectivity index (χ0v) is 25.3. The second-order valence-corrected chi connectivity index (χ2v) is 12.6. The van der Waals surface area contributed by atoms with Crippen LogP contribution in [0.4, 0.5) is 4.39 Å². The van der Waals surface area contributed by atoms with Crippen LogP contribution in [0.1, 0.15) is 22.3 Å². The van der Waals surface area contributed by atoms with Gasteiger partial charge in [0.25, 0.3) is 0 Å². The van der Waals surface area contributed by atoms with Gasteiger partial charge in [0.05, 0.1) is 12.8 Å². The maximum Gasteiger partial charge on any atom is 0.243 e. The lowest BCUT2D eigenvalue weighted by molar-refractivity contribution is -0.141. The van der Waals surface area contributed by atoms with Crippen molar-refractivity contribution >= 4 is 33.4 Å². The molecule has 1 atom stereocenters. The number of amides is 2. The summed E-state index contributed by atoms with van der Waals surface area (Å²) >= 11 is 6.31. The van der Waals surface area contributed by atoms with Crippen molar-refractivity contribution in [2.75, 3.05) is 12.8 Å². The molecule has 10 heteroatoms. The van der Waals surface area contributed by atoms with Gasteiger partial charge in [-0.05, 0) is 40.5 Å². The molecule has 2 amide bonds. The number of carbonyl (C=O) groups excluding carboxylic acids is 2. The van der Waals surface area contributed by atoms with Crippen LogP contribution in [-0.4, -0.2) is 48.3 Å². The third-order valence-corrected chi connectivity index (χ3v) is 8.50. The molecule has 43 heavy (non-hydrogen) atoms. The fourth-order valence-electron chi connectivity index (χ4n) is 4.60. The van der Waals surface area contributed by atoms with Crippen molar-refractivity contribution in [1.29, 1.82) is 0 Å². The first-order chi connectivity index (χ1) is 20.6. The number of rotatable bonds is 13. The van der Waals surface area contributed by atoms with E-state index in [1.54, 1.807) is 42.5 Å². The molecule has 0 aromatic heterocycles. The van der Waals surface area contributed by atoms with Gasteiger partial charge < -0.3 is 10.2 Å². The number of benzene rings is 4. The monoisotopic (exact) mass is 621 g/mol. The Morgan fingerprint density at radius 2 is 1.35 bits per heavy atom. The highest BCUT2D eigenvalue weighted by atomic mass is 35.5. The van der Waals surface area contributed by atoms with Crippen molar-refractivity contribution in [3.63, 3.8) is 0 Å². The highest BCUT2D eigenvalue weighted by Gasteiger charge is 2.33. The standard InChI is InChI=1S/C33H33ClFN3O4S/c1-43(41,42)37(22-26-12-6-3-7-13-26)24-32(39)38(23-27-16-18-29(35)19-17-27)31(20-25-10-4-2-5-11-25)33(40)36-21-28-14-8-9-15-30(28)34/h2-19,31H,20-24H2,1H3,(H,36,40)/t31-/m0/s1. The number of hydrogen-bond donors (Lipinski definition) is 1. The van der Waals surface area contributed by atoms with Crippen LogP contribution < -0.4 is 5.32 Å². The highest BCUT2D eigenvalue weighted by molar-refractivity contribution is 7.88. The molecule has 0 saturated carbocycles. The second-order valence-electron chi connectivity index (χ2n) is 10.2. The normalized spacial score (nSPS) is 12.1. The van der Waals surface area contributed by atoms with Gasteiger partial charge >= 0.3 is 0 Å². The summed E-state index contributed by atoms with van der Waals surface area (Å²) in [6.07, 6.45) is 1.21. The van der Waals surface area contributed by atoms with Crippen LogP contribution in [0.25, 0.3) is 0 Å². The van der Waals surface area contributed by atoms with Crippen molar-refractivity contribution in [2.24, 2.45) is 0 Å². The molecular weight excluding hydrogens is 589 g/mol. The summed E-state index contributed by atoms with van der Waals surface area (Å²) < 4.78 is 40.4. The summed E-state index contributed by atoms with van der Waals surface area (Å²) in [7, 11) is -3.80. The number of nitrogens with one attached hydrogen (secondary N) is 1. The van der Waals surface area contributed by atoms with Crippen LogP contribution in [0.3, 0.4) is 0 Å². The van der Waals surface area contributed by atoms with Gasteiger partial charge in [0.1, 0.15) is 11.9 Å². The lowest BCUT2D eigenvalue weighted by atomic mass is 10.0. The van der Waals surface area contributed by atoms with Crippen LogP contribution in [0.2, 0.25) is 5.02 Å². The van der Waals surface area contributed by atoms with Crippen molar-refractivity contribution in [2.45, 2.75) is 32.1 Å². The Kier molecular flexibility index (Phi) is 11.1. The molecule has 4 aromatic carbocycles. The molecule has 4 aromatic rings. The largest absolute Gasteiger partial charge is 0.350 e. The van der Waals surface area contributed by atoms with E-state index in [0.717, 1.165) is 16.1 Å². The van der Waals surface area contributed by atoms with E-state index in [0.29, 0.717) is 21.7 Å². The van der Waals surface area contributed by atoms with Crippen LogP contribution in [0.5, 0.6) is 0 Å². The highest BCUT2D eigenvalue weighted by Crippen LogP contribution is 2.19. The molecule has 0 bridgehead atoms. The Morgan fingerprint density at radius 3 is 1.95 bits per heavy atom. The third-order valence-electron chi connectivity index (χ3n) is 6.93. The predicted octanol–water partition coefficient (Wildman–Crippen LogP) is 5.20. The van der Waals surface area contributed by atoms with E-state index in [-0.39, 0.29) is 26.1 Å². The fraction of sp³-hybridized carbons (Fsp3) is 0.212. The Bertz CT molecular complexity index is 1620. The molecule has 0 aliphatic heterocycles. The first kappa shape index (κ1) is 31.9. The number of carbonyl (C=O) groups is 2. The van der Waals surface area contributed by atoms with Gasteiger partial charge in [0.2, 0.25) is 21.8 Å². The molecule has 0 unspecified atom stereocenters. The van der Waals surface area contributed by atoms with Gasteiger partial charge in [-0.1, -0.05) is 103 Å². The first-order valence-electron chi connectivity index (χ1n) is 13.7. The summed E-state index contributed by atoms with van der Waals surface area (Å²) in [5.74, 6) is -1.45. The van der Waals surface area contributed by atoms with Crippen molar-refractivity contribution in [1.82, 2.24) is 14.5 Å². The molecule has 224 valence electrons. The minimum absolute atomic E-state index is 0.0160. The molecule has 0 heterocycles. The molecule has 0 aliphatic rings. The quantitative estimate of drug-likeness (QED) is 0.222. The van der Waals surface area contributed by atoms with Crippen LogP contribution in [0.15, 0.2) is 109 Å². The van der Waals surface area contributed by atoms with Gasteiger partial charge in [-0.3, -0.25) is 9.59 Å². The minimum atomic E-state index is -3.80. The van der Waals surface area contributed by atoms with Crippen LogP contribution in [0, 0.1) is 5.82 Å². The van der Waals surface area contributed by atoms with Crippen molar-refractivity contribution < 1.29 is 22.4 Å². The van der Waals surface area contributed by atoms with Gasteiger partial charge in [-0.2, -0.15) is 4.31 Å². The number of halogens is 2. The van der Waals surface area contributed by atoms with E-state index in [1.165, 1.54) is 29.2 Å². The molecule has 0 fully saturated rings. The summed E-state index contributed by atoms with van der Waals surface area (Å²) in [5, 5.41) is 3.40. The van der Waals surface area contributed by atoms with Gasteiger partial charge in [-0.15, -0.1) is 0 Å². The Balaban J connectivity index is 1.68. The number of hydrogen-bond acceptors (Lipinski definition) is 4. The van der Waals surface area contributed by atoms with Gasteiger partial charge in [-0.25, -0.2) is 12.8 Å². The molecule has 0 spiro atoms. The minimum Gasteiger partial charge on any atom is -0.350 e. The molecular formula is C33H33ClFN3O4S. The zero-order valence-electron chi connectivity index (χ0n) is 23.7. The van der Waals surface area contributed by atoms with E-state index in [9.17, 15) is 22.4 Å².